The van der Waals surface area contributed by atoms with E-state index in [1.54, 1.807) is 0 Å². The van der Waals surface area contributed by atoms with E-state index >= 15 is 0 Å². The lowest BCUT2D eigenvalue weighted by Crippen LogP contribution is -2.37. The van der Waals surface area contributed by atoms with Gasteiger partial charge in [-0.15, -0.1) is 0 Å². The molecule has 2 aliphatic rings. The molecule has 1 aliphatic carbocycles. The summed E-state index contributed by atoms with van der Waals surface area (Å²) in [6, 6.07) is 1.18. The third-order valence-corrected chi connectivity index (χ3v) is 2.69. The first-order valence-electron chi connectivity index (χ1n) is 3.77. The van der Waals surface area contributed by atoms with E-state index in [0.29, 0.717) is 12.6 Å². The maximum Gasteiger partial charge on any atom is 0.0587 e. The third-order valence-electron chi connectivity index (χ3n) is 2.69. The summed E-state index contributed by atoms with van der Waals surface area (Å²) in [6.07, 6.45) is 3.98. The number of fused-ring (bicyclic) bond motifs is 2. The molecule has 2 fully saturated rings. The Balaban J connectivity index is 2.01. The van der Waals surface area contributed by atoms with Gasteiger partial charge in [0.2, 0.25) is 0 Å². The van der Waals surface area contributed by atoms with Crippen molar-refractivity contribution in [2.24, 2.45) is 5.92 Å². The van der Waals surface area contributed by atoms with Crippen LogP contribution in [-0.2, 0) is 0 Å². The normalized spacial score (nSPS) is 48.3. The molecule has 0 spiro atoms. The van der Waals surface area contributed by atoms with Gasteiger partial charge in [0.25, 0.3) is 0 Å². The summed E-state index contributed by atoms with van der Waals surface area (Å²) in [5.74, 6) is 0.792. The lowest BCUT2D eigenvalue weighted by molar-refractivity contribution is 0.210. The Morgan fingerprint density at radius 2 is 2.33 bits per heavy atom. The maximum atomic E-state index is 8.83. The molecule has 0 aromatic carbocycles. The molecule has 2 heteroatoms. The van der Waals surface area contributed by atoms with Gasteiger partial charge in [-0.05, 0) is 25.2 Å². The van der Waals surface area contributed by atoms with Gasteiger partial charge in [0, 0.05) is 12.1 Å². The Hall–Kier alpha value is -0.0800. The van der Waals surface area contributed by atoms with E-state index in [4.69, 9.17) is 5.11 Å². The predicted molar refractivity (Wildman–Crippen MR) is 35.1 cm³/mol. The molecule has 3 atom stereocenters. The summed E-state index contributed by atoms with van der Waals surface area (Å²) in [5, 5.41) is 12.2. The Bertz CT molecular complexity index is 115. The minimum Gasteiger partial charge on any atom is -0.395 e. The molecule has 52 valence electrons. The van der Waals surface area contributed by atoms with Crippen molar-refractivity contribution in [2.75, 3.05) is 6.61 Å². The molecule has 0 aromatic rings. The quantitative estimate of drug-likeness (QED) is 0.524. The van der Waals surface area contributed by atoms with Crippen LogP contribution in [0.2, 0.25) is 0 Å². The number of hydrogen-bond donors (Lipinski definition) is 2. The Kier molecular flexibility index (Phi) is 1.24. The largest absolute Gasteiger partial charge is 0.395 e. The van der Waals surface area contributed by atoms with Crippen LogP contribution in [0.1, 0.15) is 19.3 Å². The van der Waals surface area contributed by atoms with Crippen LogP contribution in [0, 0.1) is 5.92 Å². The van der Waals surface area contributed by atoms with Gasteiger partial charge in [0.1, 0.15) is 0 Å². The molecule has 2 bridgehead atoms. The highest BCUT2D eigenvalue weighted by molar-refractivity contribution is 4.96. The fraction of sp³-hybridized carbons (Fsp3) is 1.00. The average molecular weight is 127 g/mol. The summed E-state index contributed by atoms with van der Waals surface area (Å²) in [5.41, 5.74) is 0. The second-order valence-electron chi connectivity index (χ2n) is 3.23. The highest BCUT2D eigenvalue weighted by Crippen LogP contribution is 2.34. The third kappa shape index (κ3) is 0.775. The van der Waals surface area contributed by atoms with Gasteiger partial charge < -0.3 is 10.4 Å². The summed E-state index contributed by atoms with van der Waals surface area (Å²) >= 11 is 0. The number of aliphatic hydroxyl groups is 1. The summed E-state index contributed by atoms with van der Waals surface area (Å²) in [4.78, 5) is 0. The first kappa shape index (κ1) is 5.69. The first-order valence-corrected chi connectivity index (χ1v) is 3.77. The van der Waals surface area contributed by atoms with Gasteiger partial charge in [-0.3, -0.25) is 0 Å². The number of piperidine rings is 1. The van der Waals surface area contributed by atoms with Crippen molar-refractivity contribution >= 4 is 0 Å². The Labute approximate surface area is 55.3 Å². The van der Waals surface area contributed by atoms with Gasteiger partial charge in [-0.1, -0.05) is 0 Å². The lowest BCUT2D eigenvalue weighted by atomic mass is 10.0. The number of rotatable bonds is 1. The van der Waals surface area contributed by atoms with Crippen LogP contribution < -0.4 is 5.32 Å². The minimum absolute atomic E-state index is 0.334. The van der Waals surface area contributed by atoms with Crippen LogP contribution in [0.5, 0.6) is 0 Å². The number of hydrogen-bond acceptors (Lipinski definition) is 2. The van der Waals surface area contributed by atoms with E-state index in [1.807, 2.05) is 0 Å². The highest BCUT2D eigenvalue weighted by atomic mass is 16.3. The molecule has 2 nitrogen and oxygen atoms in total. The molecule has 1 heterocycles. The summed E-state index contributed by atoms with van der Waals surface area (Å²) in [6.45, 7) is 0.334. The number of nitrogens with one attached hydrogen (secondary N) is 1. The Morgan fingerprint density at radius 1 is 1.44 bits per heavy atom. The second kappa shape index (κ2) is 1.96. The van der Waals surface area contributed by atoms with Gasteiger partial charge in [-0.2, -0.15) is 0 Å². The van der Waals surface area contributed by atoms with E-state index in [-0.39, 0.29) is 0 Å². The van der Waals surface area contributed by atoms with E-state index in [9.17, 15) is 0 Å². The van der Waals surface area contributed by atoms with E-state index in [2.05, 4.69) is 5.32 Å². The van der Waals surface area contributed by atoms with E-state index in [0.717, 1.165) is 12.0 Å². The zero-order valence-corrected chi connectivity index (χ0v) is 5.51. The molecule has 0 amide bonds. The highest BCUT2D eigenvalue weighted by Gasteiger charge is 2.38. The fourth-order valence-corrected chi connectivity index (χ4v) is 2.17. The van der Waals surface area contributed by atoms with Gasteiger partial charge in [-0.25, -0.2) is 0 Å². The van der Waals surface area contributed by atoms with Crippen LogP contribution in [-0.4, -0.2) is 23.8 Å². The Morgan fingerprint density at radius 3 is 2.67 bits per heavy atom. The van der Waals surface area contributed by atoms with Crippen molar-refractivity contribution in [2.45, 2.75) is 31.3 Å². The van der Waals surface area contributed by atoms with Crippen LogP contribution in [0.15, 0.2) is 0 Å². The number of aliphatic hydroxyl groups excluding tert-OH is 1. The molecular formula is C7H13NO. The fourth-order valence-electron chi connectivity index (χ4n) is 2.17. The molecule has 1 saturated carbocycles. The van der Waals surface area contributed by atoms with Crippen molar-refractivity contribution in [1.29, 1.82) is 0 Å². The molecule has 0 unspecified atom stereocenters. The topological polar surface area (TPSA) is 32.3 Å². The van der Waals surface area contributed by atoms with Crippen LogP contribution >= 0.6 is 0 Å². The van der Waals surface area contributed by atoms with Gasteiger partial charge >= 0.3 is 0 Å². The molecule has 0 aromatic heterocycles. The lowest BCUT2D eigenvalue weighted by Gasteiger charge is -2.20. The minimum atomic E-state index is 0.334. The second-order valence-corrected chi connectivity index (χ2v) is 3.23. The van der Waals surface area contributed by atoms with Crippen LogP contribution in [0.4, 0.5) is 0 Å². The van der Waals surface area contributed by atoms with E-state index < -0.39 is 0 Å². The smallest absolute Gasteiger partial charge is 0.0587 e. The van der Waals surface area contributed by atoms with E-state index in [1.165, 1.54) is 19.3 Å². The van der Waals surface area contributed by atoms with Crippen LogP contribution in [0.25, 0.3) is 0 Å². The summed E-state index contributed by atoms with van der Waals surface area (Å²) < 4.78 is 0. The molecule has 1 aliphatic heterocycles. The van der Waals surface area contributed by atoms with Gasteiger partial charge in [0.05, 0.1) is 6.61 Å². The predicted octanol–water partition coefficient (Wildman–Crippen LogP) is 0.119. The van der Waals surface area contributed by atoms with Crippen molar-refractivity contribution in [3.05, 3.63) is 0 Å². The molecule has 1 saturated heterocycles. The molecule has 9 heavy (non-hydrogen) atoms. The first-order chi connectivity index (χ1) is 4.40. The molecule has 2 N–H and O–H groups in total. The SMILES string of the molecule is OC[C@H]1N[C@H]2CC[C@H]1C2. The molecular weight excluding hydrogens is 114 g/mol. The van der Waals surface area contributed by atoms with Crippen molar-refractivity contribution in [3.8, 4) is 0 Å². The molecule has 0 radical (unpaired) electrons. The standard InChI is InChI=1S/C7H13NO/c9-4-7-5-1-2-6(3-5)8-7/h5-9H,1-4H2/t5-,6-,7+/m0/s1. The van der Waals surface area contributed by atoms with Crippen molar-refractivity contribution < 1.29 is 5.11 Å². The monoisotopic (exact) mass is 127 g/mol. The average Bonchev–Trinajstić information content (AvgIpc) is 2.45. The maximum absolute atomic E-state index is 8.83. The van der Waals surface area contributed by atoms with Crippen molar-refractivity contribution in [3.63, 3.8) is 0 Å². The van der Waals surface area contributed by atoms with Gasteiger partial charge in [0.15, 0.2) is 0 Å². The zero-order chi connectivity index (χ0) is 6.27. The molecule has 2 rings (SSSR count). The zero-order valence-electron chi connectivity index (χ0n) is 5.51. The van der Waals surface area contributed by atoms with Crippen molar-refractivity contribution in [1.82, 2.24) is 5.32 Å². The van der Waals surface area contributed by atoms with Crippen LogP contribution in [0.3, 0.4) is 0 Å². The summed E-state index contributed by atoms with van der Waals surface area (Å²) in [7, 11) is 0.